The van der Waals surface area contributed by atoms with Crippen molar-refractivity contribution in [2.75, 3.05) is 14.7 Å². The Balaban J connectivity index is 1.20. The van der Waals surface area contributed by atoms with Crippen molar-refractivity contribution in [3.63, 3.8) is 0 Å². The van der Waals surface area contributed by atoms with Gasteiger partial charge in [0.25, 0.3) is 6.71 Å². The highest BCUT2D eigenvalue weighted by atomic mass is 15.3. The second-order valence-corrected chi connectivity index (χ2v) is 25.3. The van der Waals surface area contributed by atoms with Gasteiger partial charge in [0, 0.05) is 50.5 Å². The van der Waals surface area contributed by atoms with Crippen molar-refractivity contribution in [1.82, 2.24) is 0 Å². The van der Waals surface area contributed by atoms with E-state index in [4.69, 9.17) is 0 Å². The van der Waals surface area contributed by atoms with Crippen molar-refractivity contribution in [1.29, 1.82) is 0 Å². The van der Waals surface area contributed by atoms with E-state index in [1.165, 1.54) is 126 Å². The quantitative estimate of drug-likeness (QED) is 0.164. The number of hydrogen-bond acceptors (Lipinski definition) is 3. The Morgan fingerprint density at radius 1 is 0.529 bits per heavy atom. The van der Waals surface area contributed by atoms with Gasteiger partial charge in [-0.15, -0.1) is 0 Å². The third-order valence-electron chi connectivity index (χ3n) is 19.5. The molecular weight excluding hydrogens is 846 g/mol. The molecule has 1 fully saturated rings. The summed E-state index contributed by atoms with van der Waals surface area (Å²) in [5.74, 6) is 0. The molecule has 0 amide bonds. The van der Waals surface area contributed by atoms with Crippen LogP contribution in [0.25, 0.3) is 11.1 Å². The Kier molecular flexibility index (Phi) is 9.01. The normalized spacial score (nSPS) is 24.6. The van der Waals surface area contributed by atoms with Gasteiger partial charge < -0.3 is 14.7 Å². The number of nitrogens with zero attached hydrogens (tertiary/aromatic N) is 3. The fourth-order valence-electron chi connectivity index (χ4n) is 15.5. The second-order valence-electron chi connectivity index (χ2n) is 25.3. The molecule has 7 aromatic carbocycles. The second kappa shape index (κ2) is 14.3. The maximum Gasteiger partial charge on any atom is 0.252 e. The Hall–Kier alpha value is -6.00. The van der Waals surface area contributed by atoms with Crippen molar-refractivity contribution < 1.29 is 0 Å². The molecule has 0 radical (unpaired) electrons. The zero-order valence-corrected chi connectivity index (χ0v) is 43.9. The Morgan fingerprint density at radius 3 is 1.96 bits per heavy atom. The highest BCUT2D eigenvalue weighted by Crippen LogP contribution is 2.67. The minimum absolute atomic E-state index is 0.00716. The lowest BCUT2D eigenvalue weighted by Gasteiger charge is -2.54. The summed E-state index contributed by atoms with van der Waals surface area (Å²) >= 11 is 0. The molecule has 0 bridgehead atoms. The number of benzene rings is 7. The fraction of sp³-hybridized carbons (Fsp3) is 0.364. The third kappa shape index (κ3) is 5.54. The first kappa shape index (κ1) is 44.0. The smallest absolute Gasteiger partial charge is 0.252 e. The molecule has 1 saturated carbocycles. The number of anilines is 7. The summed E-state index contributed by atoms with van der Waals surface area (Å²) in [5.41, 5.74) is 27.0. The van der Waals surface area contributed by atoms with Gasteiger partial charge in [-0.05, 0) is 167 Å². The van der Waals surface area contributed by atoms with Gasteiger partial charge in [-0.3, -0.25) is 0 Å². The lowest BCUT2D eigenvalue weighted by atomic mass is 9.33. The Labute approximate surface area is 419 Å². The SMILES string of the molecule is Cc1cc(C)c2c(c1)N(c1cc3c4c(c1)N1c5c(cccc5C5(C)CCc6ccccc6C15C)B4c1cc(C(C)(C)C)ccc1N3c1ccc(C(C)(C)C)cc1-c1ccccc1)C1(C)CCCCC21C. The molecule has 4 aliphatic heterocycles. The van der Waals surface area contributed by atoms with Gasteiger partial charge in [-0.25, -0.2) is 0 Å². The van der Waals surface area contributed by atoms with Crippen LogP contribution in [0.5, 0.6) is 0 Å². The van der Waals surface area contributed by atoms with Gasteiger partial charge in [0.05, 0.1) is 16.8 Å². The van der Waals surface area contributed by atoms with E-state index in [1.807, 2.05) is 0 Å². The summed E-state index contributed by atoms with van der Waals surface area (Å²) in [5, 5.41) is 0. The highest BCUT2D eigenvalue weighted by Gasteiger charge is 2.64. The van der Waals surface area contributed by atoms with Crippen LogP contribution in [0.4, 0.5) is 39.8 Å². The van der Waals surface area contributed by atoms with E-state index in [-0.39, 0.29) is 39.5 Å². The topological polar surface area (TPSA) is 9.72 Å². The monoisotopic (exact) mass is 916 g/mol. The average Bonchev–Trinajstić information content (AvgIpc) is 3.68. The minimum Gasteiger partial charge on any atom is -0.334 e. The van der Waals surface area contributed by atoms with E-state index in [0.29, 0.717) is 0 Å². The molecule has 4 unspecified atom stereocenters. The van der Waals surface area contributed by atoms with Gasteiger partial charge >= 0.3 is 0 Å². The van der Waals surface area contributed by atoms with E-state index < -0.39 is 0 Å². The van der Waals surface area contributed by atoms with Crippen molar-refractivity contribution >= 4 is 62.9 Å². The number of aryl methyl sites for hydroxylation is 3. The first-order valence-corrected chi connectivity index (χ1v) is 26.6. The van der Waals surface area contributed by atoms with Crippen molar-refractivity contribution in [2.24, 2.45) is 0 Å². The van der Waals surface area contributed by atoms with Crippen LogP contribution in [-0.4, -0.2) is 12.3 Å². The molecular formula is C66H70BN3. The van der Waals surface area contributed by atoms with Gasteiger partial charge in [-0.1, -0.05) is 165 Å². The van der Waals surface area contributed by atoms with E-state index >= 15 is 0 Å². The molecule has 0 saturated heterocycles. The van der Waals surface area contributed by atoms with Crippen LogP contribution in [0.15, 0.2) is 133 Å². The molecule has 0 N–H and O–H groups in total. The third-order valence-corrected chi connectivity index (χ3v) is 19.5. The number of hydrogen-bond donors (Lipinski definition) is 0. The summed E-state index contributed by atoms with van der Waals surface area (Å²) in [6.45, 7) is 29.4. The number of rotatable bonds is 3. The predicted octanol–water partition coefficient (Wildman–Crippen LogP) is 15.2. The van der Waals surface area contributed by atoms with Crippen LogP contribution < -0.4 is 31.1 Å². The average molecular weight is 916 g/mol. The lowest BCUT2D eigenvalue weighted by molar-refractivity contribution is 0.194. The highest BCUT2D eigenvalue weighted by molar-refractivity contribution is 7.00. The zero-order chi connectivity index (χ0) is 48.7. The van der Waals surface area contributed by atoms with Crippen molar-refractivity contribution in [3.05, 3.63) is 178 Å². The predicted molar refractivity (Wildman–Crippen MR) is 299 cm³/mol. The summed E-state index contributed by atoms with van der Waals surface area (Å²) < 4.78 is 0. The Morgan fingerprint density at radius 2 is 1.20 bits per heavy atom. The molecule has 70 heavy (non-hydrogen) atoms. The maximum absolute atomic E-state index is 2.91. The Bertz CT molecular complexity index is 3370. The van der Waals surface area contributed by atoms with E-state index in [0.717, 1.165) is 19.3 Å². The molecule has 0 spiro atoms. The van der Waals surface area contributed by atoms with Crippen LogP contribution >= 0.6 is 0 Å². The molecule has 4 heterocycles. The molecule has 0 aromatic heterocycles. The largest absolute Gasteiger partial charge is 0.334 e. The fourth-order valence-corrected chi connectivity index (χ4v) is 15.5. The molecule has 4 heteroatoms. The summed E-state index contributed by atoms with van der Waals surface area (Å²) in [6.07, 6.45) is 7.04. The molecule has 352 valence electrons. The molecule has 7 aromatic rings. The number of para-hydroxylation sites is 1. The van der Waals surface area contributed by atoms with Gasteiger partial charge in [-0.2, -0.15) is 0 Å². The van der Waals surface area contributed by atoms with Crippen LogP contribution in [0, 0.1) is 13.8 Å². The minimum atomic E-state index is -0.334. The summed E-state index contributed by atoms with van der Waals surface area (Å²) in [4.78, 5) is 8.50. The van der Waals surface area contributed by atoms with Crippen molar-refractivity contribution in [2.45, 2.75) is 154 Å². The first-order valence-electron chi connectivity index (χ1n) is 26.6. The van der Waals surface area contributed by atoms with E-state index in [2.05, 4.69) is 231 Å². The van der Waals surface area contributed by atoms with Gasteiger partial charge in [0.1, 0.15) is 0 Å². The van der Waals surface area contributed by atoms with Gasteiger partial charge in [0.15, 0.2) is 0 Å². The lowest BCUT2D eigenvalue weighted by Crippen LogP contribution is -2.64. The molecule has 4 atom stereocenters. The summed E-state index contributed by atoms with van der Waals surface area (Å²) in [6, 6.07) is 53.3. The molecule has 13 rings (SSSR count). The van der Waals surface area contributed by atoms with Gasteiger partial charge in [0.2, 0.25) is 0 Å². The van der Waals surface area contributed by atoms with E-state index in [9.17, 15) is 0 Å². The molecule has 6 aliphatic rings. The standard InChI is InChI=1S/C66H70BN3/c1-41-35-42(2)58-55(36-41)69(65(11)33-19-18-32-64(58,65)10)47-39-56-59-57(40-47)70-60-50(63(9)34-31-44-23-16-17-24-49(44)66(63,70)12)25-20-26-51(60)67(59)52-38-46(62(6,7)8)28-30-54(52)68(56)53-29-27-45(61(3,4)5)37-48(53)43-21-14-13-15-22-43/h13-17,20-30,35-40H,18-19,31-34H2,1-12H3. The van der Waals surface area contributed by atoms with Crippen LogP contribution in [0.3, 0.4) is 0 Å². The first-order chi connectivity index (χ1) is 33.3. The van der Waals surface area contributed by atoms with Crippen LogP contribution in [0.1, 0.15) is 146 Å². The zero-order valence-electron chi connectivity index (χ0n) is 43.9. The van der Waals surface area contributed by atoms with Crippen LogP contribution in [-0.2, 0) is 33.6 Å². The molecule has 3 nitrogen and oxygen atoms in total. The summed E-state index contributed by atoms with van der Waals surface area (Å²) in [7, 11) is 0. The maximum atomic E-state index is 2.91. The molecule has 2 aliphatic carbocycles. The van der Waals surface area contributed by atoms with Crippen molar-refractivity contribution in [3.8, 4) is 11.1 Å². The van der Waals surface area contributed by atoms with Crippen LogP contribution in [0.2, 0.25) is 0 Å². The number of fused-ring (bicyclic) bond motifs is 12. The van der Waals surface area contributed by atoms with E-state index in [1.54, 1.807) is 5.56 Å².